The summed E-state index contributed by atoms with van der Waals surface area (Å²) in [6.45, 7) is 4.38. The summed E-state index contributed by atoms with van der Waals surface area (Å²) in [7, 11) is 3.07. The van der Waals surface area contributed by atoms with Gasteiger partial charge in [0.15, 0.2) is 22.5 Å². The van der Waals surface area contributed by atoms with Gasteiger partial charge in [-0.2, -0.15) is 0 Å². The van der Waals surface area contributed by atoms with Crippen molar-refractivity contribution in [1.29, 1.82) is 0 Å². The molecule has 0 amide bonds. The Bertz CT molecular complexity index is 943. The monoisotopic (exact) mass is 385 g/mol. The van der Waals surface area contributed by atoms with Crippen molar-refractivity contribution in [3.63, 3.8) is 0 Å². The minimum atomic E-state index is -0.377. The molecule has 3 aromatic rings. The van der Waals surface area contributed by atoms with Gasteiger partial charge >= 0.3 is 0 Å². The second-order valence-corrected chi connectivity index (χ2v) is 6.61. The summed E-state index contributed by atoms with van der Waals surface area (Å²) in [5.74, 6) is 1.84. The predicted molar refractivity (Wildman–Crippen MR) is 105 cm³/mol. The van der Waals surface area contributed by atoms with Crippen LogP contribution in [0.4, 0.5) is 4.39 Å². The summed E-state index contributed by atoms with van der Waals surface area (Å²) in [6, 6.07) is 12.6. The van der Waals surface area contributed by atoms with E-state index in [4.69, 9.17) is 9.47 Å². The van der Waals surface area contributed by atoms with Gasteiger partial charge in [0.05, 0.1) is 19.8 Å². The van der Waals surface area contributed by atoms with E-state index in [-0.39, 0.29) is 11.6 Å². The van der Waals surface area contributed by atoms with Crippen LogP contribution in [0.15, 0.2) is 60.3 Å². The molecule has 5 nitrogen and oxygen atoms in total. The second kappa shape index (κ2) is 8.73. The number of para-hydroxylation sites is 1. The Morgan fingerprint density at radius 1 is 1.11 bits per heavy atom. The normalized spacial score (nSPS) is 10.6. The van der Waals surface area contributed by atoms with Crippen LogP contribution in [0.1, 0.15) is 5.56 Å². The second-order valence-electron chi connectivity index (χ2n) is 5.66. The average Bonchev–Trinajstić information content (AvgIpc) is 3.09. The Balaban J connectivity index is 1.87. The molecular formula is C20H20FN3O2S. The molecule has 0 atom stereocenters. The number of hydrogen-bond donors (Lipinski definition) is 0. The van der Waals surface area contributed by atoms with E-state index in [1.165, 1.54) is 24.9 Å². The molecule has 2 aromatic carbocycles. The Kier molecular flexibility index (Phi) is 6.13. The van der Waals surface area contributed by atoms with Crippen molar-refractivity contribution in [2.24, 2.45) is 0 Å². The molecule has 0 unspecified atom stereocenters. The lowest BCUT2D eigenvalue weighted by Crippen LogP contribution is -2.02. The lowest BCUT2D eigenvalue weighted by Gasteiger charge is -2.10. The molecule has 0 bridgehead atoms. The zero-order chi connectivity index (χ0) is 19.2. The van der Waals surface area contributed by atoms with Gasteiger partial charge in [0, 0.05) is 12.3 Å². The van der Waals surface area contributed by atoms with Crippen LogP contribution < -0.4 is 9.47 Å². The smallest absolute Gasteiger partial charge is 0.192 e. The topological polar surface area (TPSA) is 49.2 Å². The molecule has 0 radical (unpaired) electrons. The molecule has 140 valence electrons. The van der Waals surface area contributed by atoms with Crippen LogP contribution >= 0.6 is 11.8 Å². The van der Waals surface area contributed by atoms with Gasteiger partial charge < -0.3 is 9.47 Å². The predicted octanol–water partition coefficient (Wildman–Crippen LogP) is 4.58. The van der Waals surface area contributed by atoms with Crippen molar-refractivity contribution in [2.75, 3.05) is 14.2 Å². The summed E-state index contributed by atoms with van der Waals surface area (Å²) >= 11 is 1.48. The molecular weight excluding hydrogens is 365 g/mol. The molecule has 0 saturated carbocycles. The fourth-order valence-corrected chi connectivity index (χ4v) is 3.56. The maximum atomic E-state index is 13.9. The van der Waals surface area contributed by atoms with Gasteiger partial charge in [-0.1, -0.05) is 36.0 Å². The highest BCUT2D eigenvalue weighted by Crippen LogP contribution is 2.32. The molecule has 27 heavy (non-hydrogen) atoms. The van der Waals surface area contributed by atoms with E-state index in [0.717, 1.165) is 22.0 Å². The number of hydrogen-bond acceptors (Lipinski definition) is 5. The minimum Gasteiger partial charge on any atom is -0.496 e. The maximum Gasteiger partial charge on any atom is 0.192 e. The van der Waals surface area contributed by atoms with Crippen molar-refractivity contribution in [1.82, 2.24) is 14.8 Å². The van der Waals surface area contributed by atoms with Crippen molar-refractivity contribution in [2.45, 2.75) is 17.5 Å². The first-order valence-corrected chi connectivity index (χ1v) is 9.29. The number of thioether (sulfide) groups is 1. The number of aromatic nitrogens is 3. The third-order valence-electron chi connectivity index (χ3n) is 3.96. The van der Waals surface area contributed by atoms with Gasteiger partial charge in [-0.05, 0) is 29.8 Å². The fraction of sp³-hybridized carbons (Fsp3) is 0.200. The van der Waals surface area contributed by atoms with E-state index in [0.29, 0.717) is 18.1 Å². The van der Waals surface area contributed by atoms with Gasteiger partial charge in [0.2, 0.25) is 0 Å². The van der Waals surface area contributed by atoms with Crippen molar-refractivity contribution >= 4 is 11.8 Å². The van der Waals surface area contributed by atoms with Crippen molar-refractivity contribution in [3.05, 3.63) is 66.5 Å². The third-order valence-corrected chi connectivity index (χ3v) is 5.00. The maximum absolute atomic E-state index is 13.9. The van der Waals surface area contributed by atoms with Crippen LogP contribution in [-0.2, 0) is 12.3 Å². The highest BCUT2D eigenvalue weighted by atomic mass is 32.2. The first-order chi connectivity index (χ1) is 13.2. The van der Waals surface area contributed by atoms with Gasteiger partial charge in [-0.3, -0.25) is 4.57 Å². The minimum absolute atomic E-state index is 0.233. The number of halogens is 1. The van der Waals surface area contributed by atoms with Crippen molar-refractivity contribution in [3.8, 4) is 22.9 Å². The van der Waals surface area contributed by atoms with E-state index in [2.05, 4.69) is 16.8 Å². The van der Waals surface area contributed by atoms with E-state index < -0.39 is 0 Å². The molecule has 0 fully saturated rings. The Morgan fingerprint density at radius 2 is 1.89 bits per heavy atom. The van der Waals surface area contributed by atoms with Crippen LogP contribution in [-0.4, -0.2) is 29.0 Å². The fourth-order valence-electron chi connectivity index (χ4n) is 2.67. The Morgan fingerprint density at radius 3 is 2.59 bits per heavy atom. The molecule has 0 spiro atoms. The summed E-state index contributed by atoms with van der Waals surface area (Å²) < 4.78 is 26.3. The SMILES string of the molecule is C=CCn1c(SCc2ccc(OC)c(F)c2)nnc1-c1ccccc1OC. The molecule has 3 rings (SSSR count). The number of benzene rings is 2. The standard InChI is InChI=1S/C20H20FN3O2S/c1-4-11-24-19(15-7-5-6-8-17(15)25-2)22-23-20(24)27-13-14-9-10-18(26-3)16(21)12-14/h4-10,12H,1,11,13H2,2-3H3. The number of methoxy groups -OCH3 is 2. The number of rotatable bonds is 8. The lowest BCUT2D eigenvalue weighted by molar-refractivity contribution is 0.386. The van der Waals surface area contributed by atoms with Gasteiger partial charge in [-0.15, -0.1) is 16.8 Å². The largest absolute Gasteiger partial charge is 0.496 e. The molecule has 1 heterocycles. The van der Waals surface area contributed by atoms with Gasteiger partial charge in [0.1, 0.15) is 5.75 Å². The summed E-state index contributed by atoms with van der Waals surface area (Å²) in [5, 5.41) is 9.38. The molecule has 0 N–H and O–H groups in total. The Labute approximate surface area is 161 Å². The van der Waals surface area contributed by atoms with Gasteiger partial charge in [0.25, 0.3) is 0 Å². The number of allylic oxidation sites excluding steroid dienone is 1. The first-order valence-electron chi connectivity index (χ1n) is 8.30. The highest BCUT2D eigenvalue weighted by molar-refractivity contribution is 7.98. The van der Waals surface area contributed by atoms with Crippen LogP contribution in [0.2, 0.25) is 0 Å². The first kappa shape index (κ1) is 19.0. The highest BCUT2D eigenvalue weighted by Gasteiger charge is 2.17. The molecule has 0 aliphatic rings. The van der Waals surface area contributed by atoms with E-state index in [1.54, 1.807) is 19.3 Å². The molecule has 0 saturated heterocycles. The van der Waals surface area contributed by atoms with Crippen LogP contribution in [0.25, 0.3) is 11.4 Å². The van der Waals surface area contributed by atoms with E-state index in [1.807, 2.05) is 34.9 Å². The third kappa shape index (κ3) is 4.14. The van der Waals surface area contributed by atoms with Crippen LogP contribution in [0, 0.1) is 5.82 Å². The quantitative estimate of drug-likeness (QED) is 0.420. The summed E-state index contributed by atoms with van der Waals surface area (Å²) in [6.07, 6.45) is 1.79. The number of nitrogens with zero attached hydrogens (tertiary/aromatic N) is 3. The van der Waals surface area contributed by atoms with E-state index >= 15 is 0 Å². The Hall–Kier alpha value is -2.80. The van der Waals surface area contributed by atoms with Crippen LogP contribution in [0.5, 0.6) is 11.5 Å². The molecule has 7 heteroatoms. The summed E-state index contributed by atoms with van der Waals surface area (Å²) in [5.41, 5.74) is 1.70. The molecule has 0 aliphatic carbocycles. The van der Waals surface area contributed by atoms with Gasteiger partial charge in [-0.25, -0.2) is 4.39 Å². The number of ether oxygens (including phenoxy) is 2. The lowest BCUT2D eigenvalue weighted by atomic mass is 10.2. The molecule has 1 aromatic heterocycles. The van der Waals surface area contributed by atoms with Crippen molar-refractivity contribution < 1.29 is 13.9 Å². The summed E-state index contributed by atoms with van der Waals surface area (Å²) in [4.78, 5) is 0. The average molecular weight is 385 g/mol. The molecule has 0 aliphatic heterocycles. The van der Waals surface area contributed by atoms with E-state index in [9.17, 15) is 4.39 Å². The zero-order valence-corrected chi connectivity index (χ0v) is 16.0. The zero-order valence-electron chi connectivity index (χ0n) is 15.2. The van der Waals surface area contributed by atoms with Crippen LogP contribution in [0.3, 0.4) is 0 Å².